The van der Waals surface area contributed by atoms with E-state index in [0.717, 1.165) is 0 Å². The number of carbonyl (C=O) groups excluding carboxylic acids is 3. The summed E-state index contributed by atoms with van der Waals surface area (Å²) in [6, 6.07) is 11.3. The summed E-state index contributed by atoms with van der Waals surface area (Å²) >= 11 is 5.81. The summed E-state index contributed by atoms with van der Waals surface area (Å²) in [5, 5.41) is 7.42. The average molecular weight is 502 g/mol. The highest BCUT2D eigenvalue weighted by Gasteiger charge is 2.29. The predicted molar refractivity (Wildman–Crippen MR) is 127 cm³/mol. The largest absolute Gasteiger partial charge is 0.381 e. The second kappa shape index (κ2) is 10.8. The van der Waals surface area contributed by atoms with Crippen LogP contribution >= 0.6 is 11.6 Å². The number of hydrogen-bond donors (Lipinski definition) is 2. The van der Waals surface area contributed by atoms with Crippen molar-refractivity contribution in [2.45, 2.75) is 32.0 Å². The van der Waals surface area contributed by atoms with Gasteiger partial charge in [0.1, 0.15) is 12.4 Å². The number of amides is 3. The zero-order valence-corrected chi connectivity index (χ0v) is 19.6. The number of carbonyl (C=O) groups is 3. The fourth-order valence-corrected chi connectivity index (χ4v) is 4.35. The third-order valence-corrected chi connectivity index (χ3v) is 6.24. The standard InChI is InChI=1S/C24H25ClFN5O4/c25-18-6-3-4-15(22(18)26)12-28-20(32)13-30(16-8-10-35-11-9-16)21(33)14-31-19-7-2-1-5-17(19)23(29-31)24(27)34/h1-7,16H,8-14H2,(H2,27,34)(H,28,32). The Morgan fingerprint density at radius 2 is 1.91 bits per heavy atom. The highest BCUT2D eigenvalue weighted by atomic mass is 35.5. The summed E-state index contributed by atoms with van der Waals surface area (Å²) < 4.78 is 21.0. The van der Waals surface area contributed by atoms with Crippen LogP contribution in [0.15, 0.2) is 42.5 Å². The number of nitrogens with one attached hydrogen (secondary N) is 1. The molecule has 2 aromatic carbocycles. The maximum Gasteiger partial charge on any atom is 0.269 e. The first kappa shape index (κ1) is 24.6. The van der Waals surface area contributed by atoms with E-state index in [-0.39, 0.29) is 47.9 Å². The first-order chi connectivity index (χ1) is 16.8. The Morgan fingerprint density at radius 1 is 1.17 bits per heavy atom. The molecule has 0 spiro atoms. The number of hydrogen-bond acceptors (Lipinski definition) is 5. The van der Waals surface area contributed by atoms with Gasteiger partial charge in [-0.15, -0.1) is 0 Å². The number of fused-ring (bicyclic) bond motifs is 1. The van der Waals surface area contributed by atoms with Gasteiger partial charge in [-0.2, -0.15) is 5.10 Å². The van der Waals surface area contributed by atoms with Crippen LogP contribution in [0.2, 0.25) is 5.02 Å². The topological polar surface area (TPSA) is 120 Å². The molecular weight excluding hydrogens is 477 g/mol. The van der Waals surface area contributed by atoms with Crippen molar-refractivity contribution < 1.29 is 23.5 Å². The van der Waals surface area contributed by atoms with E-state index in [4.69, 9.17) is 22.1 Å². The highest BCUT2D eigenvalue weighted by Crippen LogP contribution is 2.21. The summed E-state index contributed by atoms with van der Waals surface area (Å²) in [5.41, 5.74) is 6.36. The first-order valence-corrected chi connectivity index (χ1v) is 11.5. The molecule has 1 saturated heterocycles. The Morgan fingerprint density at radius 3 is 2.66 bits per heavy atom. The quantitative estimate of drug-likeness (QED) is 0.490. The Hall–Kier alpha value is -3.50. The van der Waals surface area contributed by atoms with Crippen LogP contribution in [0.5, 0.6) is 0 Å². The summed E-state index contributed by atoms with van der Waals surface area (Å²) in [6.07, 6.45) is 1.16. The van der Waals surface area contributed by atoms with E-state index in [9.17, 15) is 18.8 Å². The van der Waals surface area contributed by atoms with E-state index < -0.39 is 17.6 Å². The second-order valence-electron chi connectivity index (χ2n) is 8.24. The minimum atomic E-state index is -0.693. The average Bonchev–Trinajstić information content (AvgIpc) is 3.22. The minimum absolute atomic E-state index is 0.0301. The fourth-order valence-electron chi connectivity index (χ4n) is 4.16. The van der Waals surface area contributed by atoms with Crippen LogP contribution in [-0.4, -0.2) is 58.2 Å². The molecule has 0 bridgehead atoms. The van der Waals surface area contributed by atoms with Crippen molar-refractivity contribution in [2.24, 2.45) is 5.73 Å². The van der Waals surface area contributed by atoms with Gasteiger partial charge in [0, 0.05) is 36.8 Å². The Kier molecular flexibility index (Phi) is 7.62. The van der Waals surface area contributed by atoms with Gasteiger partial charge in [0.25, 0.3) is 5.91 Å². The van der Waals surface area contributed by atoms with Gasteiger partial charge in [-0.25, -0.2) is 4.39 Å². The van der Waals surface area contributed by atoms with Crippen LogP contribution in [-0.2, 0) is 27.4 Å². The van der Waals surface area contributed by atoms with E-state index >= 15 is 0 Å². The second-order valence-corrected chi connectivity index (χ2v) is 8.65. The van der Waals surface area contributed by atoms with Crippen LogP contribution in [0.4, 0.5) is 4.39 Å². The van der Waals surface area contributed by atoms with E-state index in [1.54, 1.807) is 30.3 Å². The van der Waals surface area contributed by atoms with Gasteiger partial charge in [-0.05, 0) is 25.0 Å². The maximum atomic E-state index is 14.2. The Balaban J connectivity index is 1.51. The SMILES string of the molecule is NC(=O)c1nn(CC(=O)N(CC(=O)NCc2cccc(Cl)c2F)C2CCOCC2)c2ccccc12. The van der Waals surface area contributed by atoms with Crippen molar-refractivity contribution >= 4 is 40.2 Å². The number of nitrogens with two attached hydrogens (primary N) is 1. The molecular formula is C24H25ClFN5O4. The third kappa shape index (κ3) is 5.60. The van der Waals surface area contributed by atoms with Gasteiger partial charge in [-0.1, -0.05) is 41.9 Å². The molecule has 184 valence electrons. The lowest BCUT2D eigenvalue weighted by Gasteiger charge is -2.34. The minimum Gasteiger partial charge on any atom is -0.381 e. The number of ether oxygens (including phenoxy) is 1. The lowest BCUT2D eigenvalue weighted by molar-refractivity contribution is -0.140. The molecule has 1 fully saturated rings. The van der Waals surface area contributed by atoms with Gasteiger partial charge in [0.05, 0.1) is 17.1 Å². The van der Waals surface area contributed by atoms with E-state index in [0.29, 0.717) is 37.0 Å². The molecule has 1 aliphatic heterocycles. The Bertz CT molecular complexity index is 1260. The fraction of sp³-hybridized carbons (Fsp3) is 0.333. The van der Waals surface area contributed by atoms with Gasteiger partial charge < -0.3 is 20.7 Å². The molecule has 1 aromatic heterocycles. The first-order valence-electron chi connectivity index (χ1n) is 11.2. The van der Waals surface area contributed by atoms with Crippen molar-refractivity contribution in [3.05, 3.63) is 64.6 Å². The van der Waals surface area contributed by atoms with Gasteiger partial charge in [-0.3, -0.25) is 19.1 Å². The number of para-hydroxylation sites is 1. The van der Waals surface area contributed by atoms with Crippen molar-refractivity contribution in [1.82, 2.24) is 20.0 Å². The third-order valence-electron chi connectivity index (χ3n) is 5.95. The molecule has 3 aromatic rings. The van der Waals surface area contributed by atoms with E-state index in [1.165, 1.54) is 21.7 Å². The van der Waals surface area contributed by atoms with Crippen molar-refractivity contribution in [3.8, 4) is 0 Å². The van der Waals surface area contributed by atoms with Gasteiger partial charge in [0.2, 0.25) is 11.8 Å². The van der Waals surface area contributed by atoms with Crippen molar-refractivity contribution in [3.63, 3.8) is 0 Å². The molecule has 1 aliphatic rings. The highest BCUT2D eigenvalue weighted by molar-refractivity contribution is 6.30. The molecule has 2 heterocycles. The number of nitrogens with zero attached hydrogens (tertiary/aromatic N) is 3. The van der Waals surface area contributed by atoms with Crippen LogP contribution in [0.3, 0.4) is 0 Å². The maximum absolute atomic E-state index is 14.2. The molecule has 0 radical (unpaired) electrons. The number of benzene rings is 2. The number of aromatic nitrogens is 2. The van der Waals surface area contributed by atoms with Crippen molar-refractivity contribution in [2.75, 3.05) is 19.8 Å². The number of primary amides is 1. The molecule has 9 nitrogen and oxygen atoms in total. The molecule has 35 heavy (non-hydrogen) atoms. The summed E-state index contributed by atoms with van der Waals surface area (Å²) in [4.78, 5) is 39.5. The molecule has 0 aliphatic carbocycles. The smallest absolute Gasteiger partial charge is 0.269 e. The normalized spacial score (nSPS) is 14.1. The van der Waals surface area contributed by atoms with Crippen molar-refractivity contribution in [1.29, 1.82) is 0 Å². The summed E-state index contributed by atoms with van der Waals surface area (Å²) in [5.74, 6) is -2.07. The van der Waals surface area contributed by atoms with Gasteiger partial charge in [0.15, 0.2) is 5.69 Å². The molecule has 3 amide bonds. The lowest BCUT2D eigenvalue weighted by Crippen LogP contribution is -2.49. The van der Waals surface area contributed by atoms with Crippen LogP contribution < -0.4 is 11.1 Å². The van der Waals surface area contributed by atoms with E-state index in [2.05, 4.69) is 10.4 Å². The van der Waals surface area contributed by atoms with E-state index in [1.807, 2.05) is 0 Å². The van der Waals surface area contributed by atoms with Crippen LogP contribution in [0, 0.1) is 5.82 Å². The molecule has 0 unspecified atom stereocenters. The monoisotopic (exact) mass is 501 g/mol. The predicted octanol–water partition coefficient (Wildman–Crippen LogP) is 2.25. The molecule has 4 rings (SSSR count). The van der Waals surface area contributed by atoms with Crippen LogP contribution in [0.25, 0.3) is 10.9 Å². The zero-order chi connectivity index (χ0) is 24.9. The molecule has 3 N–H and O–H groups in total. The summed E-state index contributed by atoms with van der Waals surface area (Å²) in [7, 11) is 0. The number of halogens is 2. The molecule has 0 atom stereocenters. The molecule has 0 saturated carbocycles. The van der Waals surface area contributed by atoms with Crippen LogP contribution in [0.1, 0.15) is 28.9 Å². The number of rotatable bonds is 8. The Labute approximate surface area is 206 Å². The van der Waals surface area contributed by atoms with Gasteiger partial charge >= 0.3 is 0 Å². The lowest BCUT2D eigenvalue weighted by atomic mass is 10.1. The molecule has 11 heteroatoms. The summed E-state index contributed by atoms with van der Waals surface area (Å²) in [6.45, 7) is 0.488. The zero-order valence-electron chi connectivity index (χ0n) is 18.9.